The third-order valence-corrected chi connectivity index (χ3v) is 5.80. The molecule has 6 nitrogen and oxygen atoms in total. The van der Waals surface area contributed by atoms with Gasteiger partial charge in [0.05, 0.1) is 25.3 Å². The smallest absolute Gasteiger partial charge is 0.242 e. The Hall–Kier alpha value is -3.28. The molecule has 0 N–H and O–H groups in total. The Morgan fingerprint density at radius 3 is 2.31 bits per heavy atom. The zero-order chi connectivity index (χ0) is 23.1. The monoisotopic (exact) mass is 435 g/mol. The van der Waals surface area contributed by atoms with Crippen molar-refractivity contribution < 1.29 is 14.0 Å². The zero-order valence-corrected chi connectivity index (χ0v) is 19.4. The number of amides is 2. The lowest BCUT2D eigenvalue weighted by Gasteiger charge is -2.32. The molecule has 0 bridgehead atoms. The predicted molar refractivity (Wildman–Crippen MR) is 125 cm³/mol. The first kappa shape index (κ1) is 23.4. The van der Waals surface area contributed by atoms with Crippen molar-refractivity contribution in [3.8, 4) is 0 Å². The van der Waals surface area contributed by atoms with Crippen LogP contribution in [-0.2, 0) is 29.7 Å². The highest BCUT2D eigenvalue weighted by Gasteiger charge is 2.29. The number of rotatable bonds is 10. The van der Waals surface area contributed by atoms with E-state index < -0.39 is 0 Å². The Kier molecular flexibility index (Phi) is 7.92. The summed E-state index contributed by atoms with van der Waals surface area (Å²) in [6, 6.07) is 17.3. The molecular formula is C26H33N3O3. The minimum absolute atomic E-state index is 0.0149. The molecule has 2 heterocycles. The van der Waals surface area contributed by atoms with E-state index in [9.17, 15) is 9.59 Å². The van der Waals surface area contributed by atoms with Gasteiger partial charge in [0.2, 0.25) is 11.8 Å². The Morgan fingerprint density at radius 2 is 1.75 bits per heavy atom. The number of aryl methyl sites for hydroxylation is 1. The molecule has 3 aromatic rings. The minimum Gasteiger partial charge on any atom is -0.467 e. The number of aromatic nitrogens is 1. The molecule has 0 aliphatic rings. The molecule has 2 aromatic heterocycles. The molecule has 0 aliphatic heterocycles. The van der Waals surface area contributed by atoms with Crippen molar-refractivity contribution in [1.82, 2.24) is 14.4 Å². The van der Waals surface area contributed by atoms with Crippen molar-refractivity contribution in [2.45, 2.75) is 52.2 Å². The Bertz CT molecular complexity index is 993. The number of benzene rings is 1. The molecule has 1 atom stereocenters. The van der Waals surface area contributed by atoms with Crippen LogP contribution >= 0.6 is 0 Å². The number of carbonyl (C=O) groups is 2. The Labute approximate surface area is 190 Å². The summed E-state index contributed by atoms with van der Waals surface area (Å²) in [5.74, 6) is 0.329. The molecule has 0 spiro atoms. The fraction of sp³-hybridized carbons (Fsp3) is 0.385. The molecule has 0 radical (unpaired) electrons. The third kappa shape index (κ3) is 5.69. The van der Waals surface area contributed by atoms with Crippen LogP contribution in [0.5, 0.6) is 0 Å². The number of hydrogen-bond donors (Lipinski definition) is 0. The lowest BCUT2D eigenvalue weighted by Crippen LogP contribution is -2.47. The summed E-state index contributed by atoms with van der Waals surface area (Å²) in [5.41, 5.74) is 2.00. The number of nitrogens with zero attached hydrogens (tertiary/aromatic N) is 3. The first-order valence-corrected chi connectivity index (χ1v) is 11.2. The molecule has 0 fully saturated rings. The van der Waals surface area contributed by atoms with E-state index in [2.05, 4.69) is 0 Å². The van der Waals surface area contributed by atoms with Crippen LogP contribution < -0.4 is 0 Å². The second-order valence-electron chi connectivity index (χ2n) is 8.37. The molecular weight excluding hydrogens is 402 g/mol. The zero-order valence-electron chi connectivity index (χ0n) is 19.4. The maximum Gasteiger partial charge on any atom is 0.242 e. The van der Waals surface area contributed by atoms with Gasteiger partial charge in [-0.15, -0.1) is 0 Å². The molecule has 2 amide bonds. The number of carbonyl (C=O) groups excluding carboxylic acids is 2. The van der Waals surface area contributed by atoms with E-state index in [0.29, 0.717) is 25.3 Å². The van der Waals surface area contributed by atoms with E-state index in [1.165, 1.54) is 0 Å². The molecule has 0 saturated heterocycles. The van der Waals surface area contributed by atoms with E-state index in [1.807, 2.05) is 93.2 Å². The van der Waals surface area contributed by atoms with Gasteiger partial charge in [-0.3, -0.25) is 9.59 Å². The molecule has 32 heavy (non-hydrogen) atoms. The van der Waals surface area contributed by atoms with Gasteiger partial charge in [-0.1, -0.05) is 37.3 Å². The van der Waals surface area contributed by atoms with Gasteiger partial charge >= 0.3 is 0 Å². The highest BCUT2D eigenvalue weighted by Crippen LogP contribution is 2.23. The molecule has 1 unspecified atom stereocenters. The molecule has 0 saturated carbocycles. The van der Waals surface area contributed by atoms with Crippen LogP contribution in [-0.4, -0.2) is 38.8 Å². The molecule has 0 aliphatic carbocycles. The number of furan rings is 1. The van der Waals surface area contributed by atoms with Crippen LogP contribution in [0.2, 0.25) is 0 Å². The summed E-state index contributed by atoms with van der Waals surface area (Å²) in [6.07, 6.45) is 4.25. The normalized spacial score (nSPS) is 12.0. The first-order chi connectivity index (χ1) is 15.4. The molecule has 6 heteroatoms. The van der Waals surface area contributed by atoms with Crippen molar-refractivity contribution in [3.63, 3.8) is 0 Å². The average molecular weight is 436 g/mol. The topological polar surface area (TPSA) is 58.7 Å². The lowest BCUT2D eigenvalue weighted by atomic mass is 9.94. The van der Waals surface area contributed by atoms with Gasteiger partial charge in [-0.05, 0) is 50.1 Å². The van der Waals surface area contributed by atoms with Crippen molar-refractivity contribution in [2.75, 3.05) is 6.54 Å². The second kappa shape index (κ2) is 10.8. The van der Waals surface area contributed by atoms with Crippen LogP contribution in [0.25, 0.3) is 0 Å². The standard InChI is InChI=1S/C26H33N3O3/c1-5-24(21-11-7-6-8-12-21)26(31)29(20(2)3)19-25(30)28(18-23-14-10-16-32-23)17-22-13-9-15-27(22)4/h6-16,20,24H,5,17-19H2,1-4H3. The Balaban J connectivity index is 1.80. The fourth-order valence-corrected chi connectivity index (χ4v) is 3.88. The van der Waals surface area contributed by atoms with Crippen LogP contribution in [0.3, 0.4) is 0 Å². The lowest BCUT2D eigenvalue weighted by molar-refractivity contribution is -0.143. The summed E-state index contributed by atoms with van der Waals surface area (Å²) in [4.78, 5) is 30.4. The summed E-state index contributed by atoms with van der Waals surface area (Å²) in [6.45, 7) is 6.75. The van der Waals surface area contributed by atoms with E-state index >= 15 is 0 Å². The Morgan fingerprint density at radius 1 is 1.00 bits per heavy atom. The number of hydrogen-bond acceptors (Lipinski definition) is 3. The van der Waals surface area contributed by atoms with E-state index in [4.69, 9.17) is 4.42 Å². The van der Waals surface area contributed by atoms with E-state index in [0.717, 1.165) is 11.3 Å². The average Bonchev–Trinajstić information content (AvgIpc) is 3.44. The summed E-state index contributed by atoms with van der Waals surface area (Å²) < 4.78 is 7.49. The highest BCUT2D eigenvalue weighted by molar-refractivity contribution is 5.88. The van der Waals surface area contributed by atoms with Crippen LogP contribution in [0.15, 0.2) is 71.5 Å². The van der Waals surface area contributed by atoms with Gasteiger partial charge in [-0.25, -0.2) is 0 Å². The van der Waals surface area contributed by atoms with Gasteiger partial charge in [0.15, 0.2) is 0 Å². The summed E-state index contributed by atoms with van der Waals surface area (Å²) in [7, 11) is 1.96. The summed E-state index contributed by atoms with van der Waals surface area (Å²) in [5, 5.41) is 0. The van der Waals surface area contributed by atoms with Gasteiger partial charge in [-0.2, -0.15) is 0 Å². The summed E-state index contributed by atoms with van der Waals surface area (Å²) >= 11 is 0. The fourth-order valence-electron chi connectivity index (χ4n) is 3.88. The SMILES string of the molecule is CCC(C(=O)N(CC(=O)N(Cc1ccco1)Cc1cccn1C)C(C)C)c1ccccc1. The minimum atomic E-state index is -0.266. The maximum absolute atomic E-state index is 13.5. The van der Waals surface area contributed by atoms with Gasteiger partial charge < -0.3 is 18.8 Å². The molecule has 1 aromatic carbocycles. The third-order valence-electron chi connectivity index (χ3n) is 5.80. The maximum atomic E-state index is 13.5. The molecule has 170 valence electrons. The predicted octanol–water partition coefficient (Wildman–Crippen LogP) is 4.58. The van der Waals surface area contributed by atoms with Gasteiger partial charge in [0, 0.05) is 25.0 Å². The first-order valence-electron chi connectivity index (χ1n) is 11.2. The van der Waals surface area contributed by atoms with Crippen molar-refractivity contribution >= 4 is 11.8 Å². The van der Waals surface area contributed by atoms with Crippen molar-refractivity contribution in [2.24, 2.45) is 7.05 Å². The quantitative estimate of drug-likeness (QED) is 0.468. The largest absolute Gasteiger partial charge is 0.467 e. The van der Waals surface area contributed by atoms with Crippen LogP contribution in [0, 0.1) is 0 Å². The highest BCUT2D eigenvalue weighted by atomic mass is 16.3. The van der Waals surface area contributed by atoms with Gasteiger partial charge in [0.25, 0.3) is 0 Å². The van der Waals surface area contributed by atoms with Crippen molar-refractivity contribution in [1.29, 1.82) is 0 Å². The molecule has 3 rings (SSSR count). The van der Waals surface area contributed by atoms with Gasteiger partial charge in [0.1, 0.15) is 12.3 Å². The van der Waals surface area contributed by atoms with Crippen molar-refractivity contribution in [3.05, 3.63) is 84.1 Å². The second-order valence-corrected chi connectivity index (χ2v) is 8.37. The van der Waals surface area contributed by atoms with E-state index in [-0.39, 0.29) is 30.3 Å². The van der Waals surface area contributed by atoms with Crippen LogP contribution in [0.4, 0.5) is 0 Å². The van der Waals surface area contributed by atoms with Crippen LogP contribution in [0.1, 0.15) is 50.1 Å². The van der Waals surface area contributed by atoms with E-state index in [1.54, 1.807) is 16.1 Å².